The second-order valence-corrected chi connectivity index (χ2v) is 7.20. The van der Waals surface area contributed by atoms with E-state index in [9.17, 15) is 9.59 Å². The quantitative estimate of drug-likeness (QED) is 0.724. The number of aryl methyl sites for hydroxylation is 1. The average molecular weight is 397 g/mol. The molecule has 7 nitrogen and oxygen atoms in total. The van der Waals surface area contributed by atoms with Crippen LogP contribution in [0.5, 0.6) is 5.75 Å². The zero-order valence-corrected chi connectivity index (χ0v) is 16.9. The number of pyridine rings is 1. The van der Waals surface area contributed by atoms with E-state index in [0.717, 1.165) is 36.9 Å². The van der Waals surface area contributed by atoms with Gasteiger partial charge in [0.1, 0.15) is 11.8 Å². The largest absolute Gasteiger partial charge is 0.495 e. The van der Waals surface area contributed by atoms with Gasteiger partial charge in [0, 0.05) is 18.9 Å². The molecule has 0 bridgehead atoms. The summed E-state index contributed by atoms with van der Waals surface area (Å²) in [6.07, 6.45) is 6.27. The normalized spacial score (nSPS) is 16.8. The van der Waals surface area contributed by atoms with Crippen LogP contribution in [0.3, 0.4) is 0 Å². The summed E-state index contributed by atoms with van der Waals surface area (Å²) in [4.78, 5) is 31.2. The van der Waals surface area contributed by atoms with Gasteiger partial charge >= 0.3 is 5.97 Å². The van der Waals surface area contributed by atoms with E-state index in [-0.39, 0.29) is 18.6 Å². The van der Waals surface area contributed by atoms with Gasteiger partial charge < -0.3 is 14.8 Å². The summed E-state index contributed by atoms with van der Waals surface area (Å²) in [5.74, 6) is -0.193. The lowest BCUT2D eigenvalue weighted by atomic mass is 10.0. The number of piperidine rings is 1. The molecule has 2 heterocycles. The lowest BCUT2D eigenvalue weighted by molar-refractivity contribution is -0.154. The molecule has 0 unspecified atom stereocenters. The highest BCUT2D eigenvalue weighted by molar-refractivity contribution is 5.94. The molecule has 1 aromatic carbocycles. The van der Waals surface area contributed by atoms with Crippen LogP contribution in [-0.4, -0.2) is 48.1 Å². The fraction of sp³-hybridized carbons (Fsp3) is 0.409. The molecule has 1 amide bonds. The van der Waals surface area contributed by atoms with Crippen LogP contribution in [0.2, 0.25) is 0 Å². The topological polar surface area (TPSA) is 80.8 Å². The number of anilines is 1. The first-order valence-corrected chi connectivity index (χ1v) is 9.81. The molecule has 1 aliphatic heterocycles. The number of likely N-dealkylation sites (tertiary alicyclic amines) is 1. The highest BCUT2D eigenvalue weighted by Crippen LogP contribution is 2.25. The van der Waals surface area contributed by atoms with Crippen LogP contribution in [0.4, 0.5) is 5.69 Å². The first-order chi connectivity index (χ1) is 14.1. The van der Waals surface area contributed by atoms with E-state index in [1.54, 1.807) is 25.6 Å². The Morgan fingerprint density at radius 1 is 1.28 bits per heavy atom. The Hall–Kier alpha value is -2.93. The molecule has 0 saturated carbocycles. The summed E-state index contributed by atoms with van der Waals surface area (Å²) in [5.41, 5.74) is 2.60. The molecule has 1 N–H and O–H groups in total. The Morgan fingerprint density at radius 3 is 2.90 bits per heavy atom. The van der Waals surface area contributed by atoms with Crippen molar-refractivity contribution in [1.82, 2.24) is 9.88 Å². The number of hydrogen-bond donors (Lipinski definition) is 1. The minimum Gasteiger partial charge on any atom is -0.495 e. The van der Waals surface area contributed by atoms with Crippen LogP contribution in [0.1, 0.15) is 30.4 Å². The van der Waals surface area contributed by atoms with Gasteiger partial charge in [-0.1, -0.05) is 18.6 Å². The number of hydrogen-bond acceptors (Lipinski definition) is 6. The predicted octanol–water partition coefficient (Wildman–Crippen LogP) is 2.94. The van der Waals surface area contributed by atoms with Crippen molar-refractivity contribution in [2.75, 3.05) is 25.6 Å². The van der Waals surface area contributed by atoms with Crippen molar-refractivity contribution in [1.29, 1.82) is 0 Å². The van der Waals surface area contributed by atoms with E-state index in [4.69, 9.17) is 9.47 Å². The van der Waals surface area contributed by atoms with Gasteiger partial charge in [-0.15, -0.1) is 0 Å². The van der Waals surface area contributed by atoms with Crippen LogP contribution in [0, 0.1) is 6.92 Å². The van der Waals surface area contributed by atoms with Crippen molar-refractivity contribution in [2.24, 2.45) is 0 Å². The molecular formula is C22H27N3O4. The minimum absolute atomic E-state index is 0.326. The monoisotopic (exact) mass is 397 g/mol. The van der Waals surface area contributed by atoms with Crippen LogP contribution >= 0.6 is 0 Å². The van der Waals surface area contributed by atoms with Gasteiger partial charge in [0.25, 0.3) is 5.91 Å². The molecule has 0 radical (unpaired) electrons. The van der Waals surface area contributed by atoms with Crippen LogP contribution in [-0.2, 0) is 20.9 Å². The Labute approximate surface area is 171 Å². The summed E-state index contributed by atoms with van der Waals surface area (Å²) in [6.45, 7) is 3.06. The summed E-state index contributed by atoms with van der Waals surface area (Å²) in [5, 5.41) is 2.75. The standard InChI is InChI=1S/C22H27N3O4/c1-16-8-9-20(28-2)18(12-16)24-21(26)15-29-22(27)19-7-3-4-11-25(19)14-17-6-5-10-23-13-17/h5-6,8-10,12-13,19H,3-4,7,11,14-15H2,1-2H3,(H,24,26)/t19-/m1/s1. The highest BCUT2D eigenvalue weighted by atomic mass is 16.5. The van der Waals surface area contributed by atoms with Crippen LogP contribution < -0.4 is 10.1 Å². The SMILES string of the molecule is COc1ccc(C)cc1NC(=O)COC(=O)[C@H]1CCCCN1Cc1cccnc1. The second kappa shape index (κ2) is 10.0. The number of rotatable bonds is 7. The highest BCUT2D eigenvalue weighted by Gasteiger charge is 2.30. The smallest absolute Gasteiger partial charge is 0.323 e. The number of aromatic nitrogens is 1. The number of ether oxygens (including phenoxy) is 2. The maximum Gasteiger partial charge on any atom is 0.323 e. The van der Waals surface area contributed by atoms with Gasteiger partial charge in [-0.3, -0.25) is 19.5 Å². The first-order valence-electron chi connectivity index (χ1n) is 9.81. The molecule has 1 atom stereocenters. The van der Waals surface area contributed by atoms with Crippen molar-refractivity contribution in [3.8, 4) is 5.75 Å². The van der Waals surface area contributed by atoms with E-state index in [1.165, 1.54) is 0 Å². The van der Waals surface area contributed by atoms with E-state index >= 15 is 0 Å². The Balaban J connectivity index is 1.56. The zero-order chi connectivity index (χ0) is 20.6. The van der Waals surface area contributed by atoms with Crippen LogP contribution in [0.25, 0.3) is 0 Å². The van der Waals surface area contributed by atoms with Gasteiger partial charge in [0.2, 0.25) is 0 Å². The van der Waals surface area contributed by atoms with Gasteiger partial charge in [-0.05, 0) is 55.6 Å². The minimum atomic E-state index is -0.392. The third-order valence-electron chi connectivity index (χ3n) is 4.97. The number of carbonyl (C=O) groups is 2. The van der Waals surface area contributed by atoms with Gasteiger partial charge in [0.05, 0.1) is 12.8 Å². The Morgan fingerprint density at radius 2 is 2.14 bits per heavy atom. The third-order valence-corrected chi connectivity index (χ3v) is 4.97. The number of nitrogens with zero attached hydrogens (tertiary/aromatic N) is 2. The fourth-order valence-electron chi connectivity index (χ4n) is 3.51. The molecule has 154 valence electrons. The fourth-order valence-corrected chi connectivity index (χ4v) is 3.51. The zero-order valence-electron chi connectivity index (χ0n) is 16.9. The summed E-state index contributed by atoms with van der Waals surface area (Å²) >= 11 is 0. The molecule has 1 saturated heterocycles. The van der Waals surface area contributed by atoms with Crippen LogP contribution in [0.15, 0.2) is 42.7 Å². The molecule has 1 fully saturated rings. The first kappa shape index (κ1) is 20.8. The molecule has 0 spiro atoms. The molecular weight excluding hydrogens is 370 g/mol. The van der Waals surface area contributed by atoms with E-state index in [0.29, 0.717) is 18.0 Å². The summed E-state index contributed by atoms with van der Waals surface area (Å²) < 4.78 is 10.6. The van der Waals surface area contributed by atoms with E-state index in [1.807, 2.05) is 31.2 Å². The van der Waals surface area contributed by atoms with Gasteiger partial charge in [0.15, 0.2) is 6.61 Å². The molecule has 2 aromatic rings. The number of esters is 1. The Kier molecular flexibility index (Phi) is 7.19. The molecule has 7 heteroatoms. The van der Waals surface area contributed by atoms with Crippen molar-refractivity contribution in [2.45, 2.75) is 38.8 Å². The summed E-state index contributed by atoms with van der Waals surface area (Å²) in [6, 6.07) is 9.03. The number of methoxy groups -OCH3 is 1. The van der Waals surface area contributed by atoms with Gasteiger partial charge in [-0.2, -0.15) is 0 Å². The Bertz CT molecular complexity index is 841. The number of nitrogens with one attached hydrogen (secondary N) is 1. The molecule has 0 aliphatic carbocycles. The second-order valence-electron chi connectivity index (χ2n) is 7.20. The molecule has 1 aromatic heterocycles. The molecule has 1 aliphatic rings. The lowest BCUT2D eigenvalue weighted by Crippen LogP contribution is -2.45. The van der Waals surface area contributed by atoms with E-state index < -0.39 is 5.91 Å². The third kappa shape index (κ3) is 5.77. The molecule has 29 heavy (non-hydrogen) atoms. The number of benzene rings is 1. The van der Waals surface area contributed by atoms with E-state index in [2.05, 4.69) is 15.2 Å². The van der Waals surface area contributed by atoms with Crippen molar-refractivity contribution >= 4 is 17.6 Å². The van der Waals surface area contributed by atoms with Crippen molar-refractivity contribution < 1.29 is 19.1 Å². The average Bonchev–Trinajstić information content (AvgIpc) is 2.73. The van der Waals surface area contributed by atoms with Gasteiger partial charge in [-0.25, -0.2) is 0 Å². The number of amides is 1. The maximum atomic E-state index is 12.6. The lowest BCUT2D eigenvalue weighted by Gasteiger charge is -2.33. The van der Waals surface area contributed by atoms with Crippen molar-refractivity contribution in [3.05, 3.63) is 53.9 Å². The summed E-state index contributed by atoms with van der Waals surface area (Å²) in [7, 11) is 1.54. The van der Waals surface area contributed by atoms with Crippen molar-refractivity contribution in [3.63, 3.8) is 0 Å². The maximum absolute atomic E-state index is 12.6. The predicted molar refractivity (Wildman–Crippen MR) is 110 cm³/mol. The number of carbonyl (C=O) groups excluding carboxylic acids is 2. The molecule has 3 rings (SSSR count).